The number of fused-ring (bicyclic) bond motifs is 1. The van der Waals surface area contributed by atoms with E-state index in [1.54, 1.807) is 37.3 Å². The molecule has 3 heterocycles. The number of nitrogens with zero attached hydrogens (tertiary/aromatic N) is 2. The molecule has 12 heteroatoms. The molecule has 0 unspecified atom stereocenters. The number of carbonyl (C=O) groups is 1. The predicted molar refractivity (Wildman–Crippen MR) is 145 cm³/mol. The number of ether oxygens (including phenoxy) is 2. The van der Waals surface area contributed by atoms with Crippen LogP contribution in [0.15, 0.2) is 54.6 Å². The summed E-state index contributed by atoms with van der Waals surface area (Å²) in [7, 11) is 0. The van der Waals surface area contributed by atoms with Crippen LogP contribution in [0.25, 0.3) is 22.4 Å². The third kappa shape index (κ3) is 6.03. The fourth-order valence-electron chi connectivity index (χ4n) is 4.59. The summed E-state index contributed by atoms with van der Waals surface area (Å²) >= 11 is 12.7. The first-order valence-electron chi connectivity index (χ1n) is 12.2. The van der Waals surface area contributed by atoms with Gasteiger partial charge in [-0.15, -0.1) is 13.2 Å². The van der Waals surface area contributed by atoms with E-state index >= 15 is 0 Å². The van der Waals surface area contributed by atoms with Crippen LogP contribution in [0, 0.1) is 6.92 Å². The number of benzene rings is 2. The third-order valence-electron chi connectivity index (χ3n) is 6.29. The maximum Gasteiger partial charge on any atom is 0.573 e. The number of carbonyl (C=O) groups excluding carboxylic acids is 1. The molecule has 7 nitrogen and oxygen atoms in total. The van der Waals surface area contributed by atoms with E-state index in [4.69, 9.17) is 32.9 Å². The SMILES string of the molecule is Cc1cc(C(=O)N[C@@H]2CC(C)(C)Oc3nc(-c4ccc(Cl)cc4Cl)c(-c4ccc(OC(F)(F)F)cc4)cc32)n[nH]1. The van der Waals surface area contributed by atoms with E-state index in [0.717, 1.165) is 5.69 Å². The van der Waals surface area contributed by atoms with Crippen molar-refractivity contribution in [3.05, 3.63) is 81.6 Å². The number of nitrogens with one attached hydrogen (secondary N) is 2. The van der Waals surface area contributed by atoms with E-state index < -0.39 is 18.0 Å². The molecule has 2 aromatic heterocycles. The Bertz CT molecular complexity index is 1590. The van der Waals surface area contributed by atoms with Gasteiger partial charge >= 0.3 is 6.36 Å². The molecule has 5 rings (SSSR count). The molecule has 0 radical (unpaired) electrons. The Labute approximate surface area is 237 Å². The van der Waals surface area contributed by atoms with Crippen molar-refractivity contribution in [3.63, 3.8) is 0 Å². The predicted octanol–water partition coefficient (Wildman–Crippen LogP) is 7.68. The highest BCUT2D eigenvalue weighted by Gasteiger charge is 2.37. The number of H-pyrrole nitrogens is 1. The van der Waals surface area contributed by atoms with Crippen molar-refractivity contribution in [1.29, 1.82) is 0 Å². The molecule has 208 valence electrons. The Morgan fingerprint density at radius 1 is 1.10 bits per heavy atom. The molecule has 0 saturated heterocycles. The van der Waals surface area contributed by atoms with Crippen LogP contribution in [0.3, 0.4) is 0 Å². The molecule has 0 spiro atoms. The van der Waals surface area contributed by atoms with Crippen LogP contribution in [-0.2, 0) is 0 Å². The Morgan fingerprint density at radius 2 is 1.82 bits per heavy atom. The lowest BCUT2D eigenvalue weighted by Crippen LogP contribution is -2.41. The summed E-state index contributed by atoms with van der Waals surface area (Å²) in [4.78, 5) is 17.9. The average molecular weight is 591 g/mol. The maximum atomic E-state index is 13.0. The molecule has 1 atom stereocenters. The van der Waals surface area contributed by atoms with E-state index in [2.05, 4.69) is 20.3 Å². The van der Waals surface area contributed by atoms with Crippen LogP contribution in [-0.4, -0.2) is 33.1 Å². The minimum atomic E-state index is -4.82. The standard InChI is InChI=1S/C28H23Cl2F3N4O3/c1-14-10-22(37-36-14)25(38)34-23-13-27(2,3)40-26-20(23)12-19(15-4-7-17(8-5-15)39-28(31,32)33)24(35-26)18-9-6-16(29)11-21(18)30/h4-12,23H,13H2,1-3H3,(H,34,38)(H,36,37)/t23-/m1/s1. The second-order valence-electron chi connectivity index (χ2n) is 10.0. The number of hydrogen-bond donors (Lipinski definition) is 2. The maximum absolute atomic E-state index is 13.0. The quantitative estimate of drug-likeness (QED) is 0.249. The molecular formula is C28H23Cl2F3N4O3. The fraction of sp³-hybridized carbons (Fsp3) is 0.250. The summed E-state index contributed by atoms with van der Waals surface area (Å²) < 4.78 is 48.5. The van der Waals surface area contributed by atoms with Gasteiger partial charge in [0.1, 0.15) is 17.0 Å². The Kier molecular flexibility index (Phi) is 7.18. The molecule has 0 fully saturated rings. The van der Waals surface area contributed by atoms with Crippen molar-refractivity contribution in [2.45, 2.75) is 45.2 Å². The van der Waals surface area contributed by atoms with E-state index in [9.17, 15) is 18.0 Å². The lowest BCUT2D eigenvalue weighted by atomic mass is 9.88. The largest absolute Gasteiger partial charge is 0.573 e. The third-order valence-corrected chi connectivity index (χ3v) is 6.84. The normalized spacial score (nSPS) is 16.1. The Morgan fingerprint density at radius 3 is 2.45 bits per heavy atom. The molecular weight excluding hydrogens is 568 g/mol. The van der Waals surface area contributed by atoms with Crippen molar-refractivity contribution in [1.82, 2.24) is 20.5 Å². The second kappa shape index (κ2) is 10.3. The number of rotatable bonds is 5. The van der Waals surface area contributed by atoms with Gasteiger partial charge in [0, 0.05) is 33.8 Å². The number of halogens is 5. The number of alkyl halides is 3. The van der Waals surface area contributed by atoms with Gasteiger partial charge in [0.15, 0.2) is 0 Å². The molecule has 2 aromatic carbocycles. The first kappa shape index (κ1) is 27.8. The number of aryl methyl sites for hydroxylation is 1. The molecule has 1 aliphatic rings. The van der Waals surface area contributed by atoms with E-state index in [1.165, 1.54) is 24.3 Å². The number of aromatic amines is 1. The number of hydrogen-bond acceptors (Lipinski definition) is 5. The zero-order valence-electron chi connectivity index (χ0n) is 21.5. The van der Waals surface area contributed by atoms with Gasteiger partial charge in [-0.1, -0.05) is 35.3 Å². The van der Waals surface area contributed by atoms with Gasteiger partial charge < -0.3 is 14.8 Å². The van der Waals surface area contributed by atoms with Gasteiger partial charge in [-0.05, 0) is 68.8 Å². The van der Waals surface area contributed by atoms with Crippen LogP contribution >= 0.6 is 23.2 Å². The van der Waals surface area contributed by atoms with Crippen molar-refractivity contribution >= 4 is 29.1 Å². The van der Waals surface area contributed by atoms with Gasteiger partial charge in [-0.3, -0.25) is 9.89 Å². The minimum Gasteiger partial charge on any atom is -0.471 e. The molecule has 0 saturated carbocycles. The van der Waals surface area contributed by atoms with Crippen molar-refractivity contribution in [2.75, 3.05) is 0 Å². The average Bonchev–Trinajstić information content (AvgIpc) is 3.29. The highest BCUT2D eigenvalue weighted by Crippen LogP contribution is 2.45. The summed E-state index contributed by atoms with van der Waals surface area (Å²) in [5.74, 6) is -0.447. The lowest BCUT2D eigenvalue weighted by molar-refractivity contribution is -0.274. The van der Waals surface area contributed by atoms with Crippen molar-refractivity contribution in [2.24, 2.45) is 0 Å². The first-order valence-corrected chi connectivity index (χ1v) is 12.9. The van der Waals surface area contributed by atoms with Gasteiger partial charge in [0.2, 0.25) is 5.88 Å². The number of pyridine rings is 1. The molecule has 1 aliphatic heterocycles. The Balaban J connectivity index is 1.64. The summed E-state index contributed by atoms with van der Waals surface area (Å²) in [6.45, 7) is 5.57. The molecule has 1 amide bonds. The van der Waals surface area contributed by atoms with Crippen molar-refractivity contribution < 1.29 is 27.4 Å². The van der Waals surface area contributed by atoms with Crippen LogP contribution in [0.4, 0.5) is 13.2 Å². The number of aromatic nitrogens is 3. The molecule has 0 bridgehead atoms. The Hall–Kier alpha value is -3.76. The highest BCUT2D eigenvalue weighted by atomic mass is 35.5. The van der Waals surface area contributed by atoms with Gasteiger partial charge in [-0.25, -0.2) is 4.98 Å². The van der Waals surface area contributed by atoms with E-state index in [1.807, 2.05) is 13.8 Å². The monoisotopic (exact) mass is 590 g/mol. The highest BCUT2D eigenvalue weighted by molar-refractivity contribution is 6.36. The molecule has 2 N–H and O–H groups in total. The van der Waals surface area contributed by atoms with Crippen molar-refractivity contribution in [3.8, 4) is 34.0 Å². The van der Waals surface area contributed by atoms with Crippen LogP contribution in [0.1, 0.15) is 48.1 Å². The summed E-state index contributed by atoms with van der Waals surface area (Å²) in [5.41, 5.74) is 2.96. The van der Waals surface area contributed by atoms with Crippen LogP contribution in [0.5, 0.6) is 11.6 Å². The zero-order chi connectivity index (χ0) is 28.8. The summed E-state index contributed by atoms with van der Waals surface area (Å²) in [5, 5.41) is 10.6. The van der Waals surface area contributed by atoms with E-state index in [0.29, 0.717) is 50.3 Å². The number of amides is 1. The van der Waals surface area contributed by atoms with E-state index in [-0.39, 0.29) is 17.4 Å². The molecule has 0 aliphatic carbocycles. The van der Waals surface area contributed by atoms with Crippen LogP contribution < -0.4 is 14.8 Å². The smallest absolute Gasteiger partial charge is 0.471 e. The summed E-state index contributed by atoms with van der Waals surface area (Å²) in [6, 6.07) is 13.3. The fourth-order valence-corrected chi connectivity index (χ4v) is 5.08. The lowest BCUT2D eigenvalue weighted by Gasteiger charge is -2.37. The molecule has 40 heavy (non-hydrogen) atoms. The van der Waals surface area contributed by atoms with Gasteiger partial charge in [0.25, 0.3) is 5.91 Å². The first-order chi connectivity index (χ1) is 18.8. The van der Waals surface area contributed by atoms with Gasteiger partial charge in [-0.2, -0.15) is 5.10 Å². The topological polar surface area (TPSA) is 89.1 Å². The zero-order valence-corrected chi connectivity index (χ0v) is 23.0. The minimum absolute atomic E-state index is 0.237. The van der Waals surface area contributed by atoms with Crippen LogP contribution in [0.2, 0.25) is 10.0 Å². The summed E-state index contributed by atoms with van der Waals surface area (Å²) in [6.07, 6.45) is -4.39. The van der Waals surface area contributed by atoms with Gasteiger partial charge in [0.05, 0.1) is 16.8 Å². The molecule has 4 aromatic rings. The second-order valence-corrected chi connectivity index (χ2v) is 10.8.